The Bertz CT molecular complexity index is 535. The number of rotatable bonds is 5. The second-order valence-corrected chi connectivity index (χ2v) is 6.35. The lowest BCUT2D eigenvalue weighted by atomic mass is 10.1. The molecule has 0 radical (unpaired) electrons. The number of carbonyl (C=O) groups excluding carboxylic acids is 1. The minimum Gasteiger partial charge on any atom is -0.493 e. The Morgan fingerprint density at radius 3 is 2.30 bits per heavy atom. The third-order valence-corrected chi connectivity index (χ3v) is 4.79. The standard InChI is InChI=1S/C18H28N2O3/c1-13-11-20(12-14(2)19(13)3)18(21)9-7-15-6-8-16(22-4)17(10-15)23-5/h6,8,10,13-14H,7,9,11-12H2,1-5H3. The zero-order chi connectivity index (χ0) is 17.0. The number of piperazine rings is 1. The van der Waals surface area contributed by atoms with Crippen molar-refractivity contribution in [3.63, 3.8) is 0 Å². The zero-order valence-electron chi connectivity index (χ0n) is 14.8. The third kappa shape index (κ3) is 4.16. The molecule has 1 fully saturated rings. The number of methoxy groups -OCH3 is 2. The van der Waals surface area contributed by atoms with Gasteiger partial charge >= 0.3 is 0 Å². The molecule has 0 spiro atoms. The first kappa shape index (κ1) is 17.6. The maximum absolute atomic E-state index is 12.5. The first-order chi connectivity index (χ1) is 11.0. The van der Waals surface area contributed by atoms with E-state index in [0.29, 0.717) is 36.4 Å². The van der Waals surface area contributed by atoms with Crippen molar-refractivity contribution in [3.8, 4) is 11.5 Å². The lowest BCUT2D eigenvalue weighted by molar-refractivity contribution is -0.135. The molecule has 2 atom stereocenters. The minimum atomic E-state index is 0.228. The Morgan fingerprint density at radius 1 is 1.13 bits per heavy atom. The van der Waals surface area contributed by atoms with Gasteiger partial charge in [-0.2, -0.15) is 0 Å². The molecule has 0 bridgehead atoms. The molecule has 0 aliphatic carbocycles. The van der Waals surface area contributed by atoms with E-state index in [1.165, 1.54) is 0 Å². The van der Waals surface area contributed by atoms with Gasteiger partial charge in [-0.15, -0.1) is 0 Å². The van der Waals surface area contributed by atoms with Crippen LogP contribution in [0.1, 0.15) is 25.8 Å². The first-order valence-corrected chi connectivity index (χ1v) is 8.16. The van der Waals surface area contributed by atoms with Gasteiger partial charge in [-0.25, -0.2) is 0 Å². The van der Waals surface area contributed by atoms with E-state index in [2.05, 4.69) is 25.8 Å². The molecule has 23 heavy (non-hydrogen) atoms. The lowest BCUT2D eigenvalue weighted by Gasteiger charge is -2.42. The summed E-state index contributed by atoms with van der Waals surface area (Å²) in [6.07, 6.45) is 1.24. The summed E-state index contributed by atoms with van der Waals surface area (Å²) in [6.45, 7) is 5.96. The van der Waals surface area contributed by atoms with Gasteiger partial charge in [0.05, 0.1) is 14.2 Å². The summed E-state index contributed by atoms with van der Waals surface area (Å²) >= 11 is 0. The summed E-state index contributed by atoms with van der Waals surface area (Å²) in [4.78, 5) is 16.8. The van der Waals surface area contributed by atoms with Gasteiger partial charge in [0.1, 0.15) is 0 Å². The highest BCUT2D eigenvalue weighted by Crippen LogP contribution is 2.28. The van der Waals surface area contributed by atoms with Crippen molar-refractivity contribution in [1.29, 1.82) is 0 Å². The van der Waals surface area contributed by atoms with E-state index in [4.69, 9.17) is 9.47 Å². The van der Waals surface area contributed by atoms with Crippen LogP contribution in [0.3, 0.4) is 0 Å². The van der Waals surface area contributed by atoms with Crippen molar-refractivity contribution in [2.45, 2.75) is 38.8 Å². The molecular weight excluding hydrogens is 292 g/mol. The van der Waals surface area contributed by atoms with Crippen molar-refractivity contribution in [2.75, 3.05) is 34.4 Å². The molecule has 1 aliphatic heterocycles. The Kier molecular flexibility index (Phi) is 5.88. The van der Waals surface area contributed by atoms with Crippen molar-refractivity contribution in [2.24, 2.45) is 0 Å². The fourth-order valence-corrected chi connectivity index (χ4v) is 3.05. The number of ether oxygens (including phenoxy) is 2. The maximum Gasteiger partial charge on any atom is 0.223 e. The number of hydrogen-bond donors (Lipinski definition) is 0. The highest BCUT2D eigenvalue weighted by molar-refractivity contribution is 5.76. The molecular formula is C18H28N2O3. The quantitative estimate of drug-likeness (QED) is 0.834. The van der Waals surface area contributed by atoms with Crippen molar-refractivity contribution in [3.05, 3.63) is 23.8 Å². The lowest BCUT2D eigenvalue weighted by Crippen LogP contribution is -2.56. The Balaban J connectivity index is 1.94. The van der Waals surface area contributed by atoms with Crippen LogP contribution in [0.4, 0.5) is 0 Å². The van der Waals surface area contributed by atoms with Gasteiger partial charge in [0.2, 0.25) is 5.91 Å². The van der Waals surface area contributed by atoms with Crippen LogP contribution in [-0.2, 0) is 11.2 Å². The third-order valence-electron chi connectivity index (χ3n) is 4.79. The minimum absolute atomic E-state index is 0.228. The van der Waals surface area contributed by atoms with Crippen molar-refractivity contribution in [1.82, 2.24) is 9.80 Å². The summed E-state index contributed by atoms with van der Waals surface area (Å²) in [5, 5.41) is 0. The predicted molar refractivity (Wildman–Crippen MR) is 91.1 cm³/mol. The van der Waals surface area contributed by atoms with Crippen LogP contribution in [0.15, 0.2) is 18.2 Å². The molecule has 0 saturated carbocycles. The van der Waals surface area contributed by atoms with Gasteiger partial charge in [0, 0.05) is 31.6 Å². The van der Waals surface area contributed by atoms with E-state index in [9.17, 15) is 4.79 Å². The molecule has 2 unspecified atom stereocenters. The van der Waals surface area contributed by atoms with Crippen LogP contribution in [0.25, 0.3) is 0 Å². The number of aryl methyl sites for hydroxylation is 1. The molecule has 1 aromatic carbocycles. The Labute approximate surface area is 139 Å². The van der Waals surface area contributed by atoms with Crippen LogP contribution in [0.2, 0.25) is 0 Å². The zero-order valence-corrected chi connectivity index (χ0v) is 14.8. The van der Waals surface area contributed by atoms with Gasteiger partial charge in [0.15, 0.2) is 11.5 Å². The SMILES string of the molecule is COc1ccc(CCC(=O)N2CC(C)N(C)C(C)C2)cc1OC. The van der Waals surface area contributed by atoms with E-state index in [1.807, 2.05) is 23.1 Å². The summed E-state index contributed by atoms with van der Waals surface area (Å²) < 4.78 is 10.6. The molecule has 5 heteroatoms. The summed E-state index contributed by atoms with van der Waals surface area (Å²) in [5.74, 6) is 1.65. The topological polar surface area (TPSA) is 42.0 Å². The van der Waals surface area contributed by atoms with Crippen LogP contribution in [-0.4, -0.2) is 62.1 Å². The molecule has 1 saturated heterocycles. The number of carbonyl (C=O) groups is 1. The highest BCUT2D eigenvalue weighted by Gasteiger charge is 2.28. The highest BCUT2D eigenvalue weighted by atomic mass is 16.5. The van der Waals surface area contributed by atoms with Gasteiger partial charge in [-0.05, 0) is 45.0 Å². The molecule has 0 aromatic heterocycles. The Hall–Kier alpha value is -1.75. The van der Waals surface area contributed by atoms with E-state index in [1.54, 1.807) is 14.2 Å². The predicted octanol–water partition coefficient (Wildman–Crippen LogP) is 2.19. The molecule has 128 valence electrons. The fraction of sp³-hybridized carbons (Fsp3) is 0.611. The van der Waals surface area contributed by atoms with Crippen molar-refractivity contribution >= 4 is 5.91 Å². The van der Waals surface area contributed by atoms with E-state index >= 15 is 0 Å². The Morgan fingerprint density at radius 2 is 1.74 bits per heavy atom. The summed E-state index contributed by atoms with van der Waals surface area (Å²) in [6, 6.07) is 6.64. The van der Waals surface area contributed by atoms with Crippen LogP contribution in [0, 0.1) is 0 Å². The smallest absolute Gasteiger partial charge is 0.223 e. The second-order valence-electron chi connectivity index (χ2n) is 6.35. The van der Waals surface area contributed by atoms with Crippen LogP contribution < -0.4 is 9.47 Å². The van der Waals surface area contributed by atoms with Gasteiger partial charge in [-0.3, -0.25) is 9.69 Å². The average Bonchev–Trinajstić information content (AvgIpc) is 2.56. The van der Waals surface area contributed by atoms with Crippen LogP contribution in [0.5, 0.6) is 11.5 Å². The fourth-order valence-electron chi connectivity index (χ4n) is 3.05. The van der Waals surface area contributed by atoms with E-state index in [0.717, 1.165) is 18.7 Å². The molecule has 1 heterocycles. The summed E-state index contributed by atoms with van der Waals surface area (Å²) in [5.41, 5.74) is 1.09. The summed E-state index contributed by atoms with van der Waals surface area (Å²) in [7, 11) is 5.37. The molecule has 5 nitrogen and oxygen atoms in total. The molecule has 0 N–H and O–H groups in total. The van der Waals surface area contributed by atoms with Gasteiger partial charge in [0.25, 0.3) is 0 Å². The maximum atomic E-state index is 12.5. The normalized spacial score (nSPS) is 22.0. The van der Waals surface area contributed by atoms with Crippen molar-refractivity contribution < 1.29 is 14.3 Å². The van der Waals surface area contributed by atoms with Crippen LogP contribution >= 0.6 is 0 Å². The number of nitrogens with zero attached hydrogens (tertiary/aromatic N) is 2. The van der Waals surface area contributed by atoms with E-state index in [-0.39, 0.29) is 5.91 Å². The molecule has 1 amide bonds. The average molecular weight is 320 g/mol. The molecule has 1 aliphatic rings. The molecule has 2 rings (SSSR count). The molecule has 1 aromatic rings. The number of hydrogen-bond acceptors (Lipinski definition) is 4. The number of likely N-dealkylation sites (N-methyl/N-ethyl adjacent to an activating group) is 1. The van der Waals surface area contributed by atoms with E-state index < -0.39 is 0 Å². The second kappa shape index (κ2) is 7.68. The monoisotopic (exact) mass is 320 g/mol. The first-order valence-electron chi connectivity index (χ1n) is 8.16. The number of benzene rings is 1. The van der Waals surface area contributed by atoms with Gasteiger partial charge in [-0.1, -0.05) is 6.07 Å². The number of amides is 1. The van der Waals surface area contributed by atoms with Gasteiger partial charge < -0.3 is 14.4 Å². The largest absolute Gasteiger partial charge is 0.493 e.